The minimum absolute atomic E-state index is 0.629. The van der Waals surface area contributed by atoms with Gasteiger partial charge < -0.3 is 4.74 Å². The van der Waals surface area contributed by atoms with Crippen molar-refractivity contribution in [2.75, 3.05) is 7.11 Å². The van der Waals surface area contributed by atoms with Crippen molar-refractivity contribution in [1.29, 1.82) is 0 Å². The minimum atomic E-state index is -4.31. The quantitative estimate of drug-likeness (QED) is 0.329. The molecule has 0 aliphatic rings. The molecule has 4 rings (SSSR count). The Bertz CT molecular complexity index is 1070. The van der Waals surface area contributed by atoms with Gasteiger partial charge in [-0.2, -0.15) is 13.2 Å². The molecule has 1 nitrogen and oxygen atoms in total. The Hall–Kier alpha value is -2.57. The SMILES string of the molecule is COc1ccc(-c2ccc(-c3ccc(-c4ccc(C(F)(F)F)cc4)s3)s2)cc1. The van der Waals surface area contributed by atoms with Crippen LogP contribution in [0.2, 0.25) is 0 Å². The highest BCUT2D eigenvalue weighted by Crippen LogP contribution is 2.41. The lowest BCUT2D eigenvalue weighted by atomic mass is 10.1. The van der Waals surface area contributed by atoms with Crippen molar-refractivity contribution in [2.45, 2.75) is 6.18 Å². The molecule has 0 saturated carbocycles. The zero-order valence-corrected chi connectivity index (χ0v) is 16.4. The van der Waals surface area contributed by atoms with Crippen LogP contribution in [0.15, 0.2) is 72.8 Å². The molecule has 0 aliphatic heterocycles. The molecule has 0 bridgehead atoms. The second-order valence-electron chi connectivity index (χ2n) is 6.13. The fraction of sp³-hybridized carbons (Fsp3) is 0.0909. The van der Waals surface area contributed by atoms with Crippen LogP contribution in [0.1, 0.15) is 5.56 Å². The maximum atomic E-state index is 12.7. The third kappa shape index (κ3) is 3.84. The van der Waals surface area contributed by atoms with E-state index in [9.17, 15) is 13.2 Å². The van der Waals surface area contributed by atoms with Gasteiger partial charge in [0.15, 0.2) is 0 Å². The molecule has 2 aromatic carbocycles. The van der Waals surface area contributed by atoms with Crippen LogP contribution in [0.25, 0.3) is 30.6 Å². The number of thiophene rings is 2. The number of ether oxygens (including phenoxy) is 1. The summed E-state index contributed by atoms with van der Waals surface area (Å²) >= 11 is 3.26. The van der Waals surface area contributed by atoms with E-state index in [1.165, 1.54) is 12.1 Å². The number of halogens is 3. The highest BCUT2D eigenvalue weighted by Gasteiger charge is 2.30. The first-order valence-corrected chi connectivity index (χ1v) is 10.1. The number of benzene rings is 2. The van der Waals surface area contributed by atoms with E-state index in [4.69, 9.17) is 4.74 Å². The van der Waals surface area contributed by atoms with Crippen LogP contribution < -0.4 is 4.74 Å². The molecular weight excluding hydrogens is 401 g/mol. The lowest BCUT2D eigenvalue weighted by Gasteiger charge is -2.06. The van der Waals surface area contributed by atoms with Crippen molar-refractivity contribution < 1.29 is 17.9 Å². The van der Waals surface area contributed by atoms with E-state index >= 15 is 0 Å². The van der Waals surface area contributed by atoms with Crippen molar-refractivity contribution in [3.8, 4) is 36.4 Å². The van der Waals surface area contributed by atoms with Gasteiger partial charge in [-0.1, -0.05) is 12.1 Å². The molecule has 0 atom stereocenters. The first kappa shape index (κ1) is 18.8. The molecule has 6 heteroatoms. The summed E-state index contributed by atoms with van der Waals surface area (Å²) in [7, 11) is 1.64. The number of methoxy groups -OCH3 is 1. The van der Waals surface area contributed by atoms with Gasteiger partial charge in [0.25, 0.3) is 0 Å². The summed E-state index contributed by atoms with van der Waals surface area (Å²) in [6.07, 6.45) is -4.31. The van der Waals surface area contributed by atoms with Gasteiger partial charge in [0, 0.05) is 19.5 Å². The van der Waals surface area contributed by atoms with E-state index in [0.29, 0.717) is 0 Å². The average molecular weight is 416 g/mol. The Balaban J connectivity index is 1.57. The summed E-state index contributed by atoms with van der Waals surface area (Å²) in [4.78, 5) is 4.33. The van der Waals surface area contributed by atoms with Gasteiger partial charge in [-0.3, -0.25) is 0 Å². The first-order valence-electron chi connectivity index (χ1n) is 8.46. The smallest absolute Gasteiger partial charge is 0.416 e. The van der Waals surface area contributed by atoms with Crippen LogP contribution in [0.4, 0.5) is 13.2 Å². The molecule has 0 aliphatic carbocycles. The van der Waals surface area contributed by atoms with Crippen molar-refractivity contribution >= 4 is 22.7 Å². The Kier molecular flexibility index (Phi) is 5.00. The Morgan fingerprint density at radius 1 is 0.607 bits per heavy atom. The Morgan fingerprint density at radius 3 is 1.46 bits per heavy atom. The molecule has 4 aromatic rings. The maximum Gasteiger partial charge on any atom is 0.416 e. The van der Waals surface area contributed by atoms with Crippen molar-refractivity contribution in [3.63, 3.8) is 0 Å². The zero-order chi connectivity index (χ0) is 19.7. The molecule has 142 valence electrons. The molecule has 28 heavy (non-hydrogen) atoms. The van der Waals surface area contributed by atoms with Gasteiger partial charge >= 0.3 is 6.18 Å². The third-order valence-electron chi connectivity index (χ3n) is 4.33. The van der Waals surface area contributed by atoms with Gasteiger partial charge in [-0.15, -0.1) is 22.7 Å². The van der Waals surface area contributed by atoms with E-state index in [-0.39, 0.29) is 0 Å². The molecular formula is C22H15F3OS2. The molecule has 0 unspecified atom stereocenters. The summed E-state index contributed by atoms with van der Waals surface area (Å²) in [6, 6.07) is 21.3. The molecule has 2 heterocycles. The predicted octanol–water partition coefficient (Wildman–Crippen LogP) is 7.84. The lowest BCUT2D eigenvalue weighted by molar-refractivity contribution is -0.137. The monoisotopic (exact) mass is 416 g/mol. The van der Waals surface area contributed by atoms with E-state index in [0.717, 1.165) is 48.5 Å². The van der Waals surface area contributed by atoms with Gasteiger partial charge in [0.05, 0.1) is 12.7 Å². The minimum Gasteiger partial charge on any atom is -0.497 e. The average Bonchev–Trinajstić information content (AvgIpc) is 3.37. The summed E-state index contributed by atoms with van der Waals surface area (Å²) in [5, 5.41) is 0. The number of alkyl halides is 3. The fourth-order valence-corrected chi connectivity index (χ4v) is 4.94. The third-order valence-corrected chi connectivity index (χ3v) is 6.79. The second-order valence-corrected chi connectivity index (χ2v) is 8.30. The first-order chi connectivity index (χ1) is 13.4. The van der Waals surface area contributed by atoms with E-state index in [1.54, 1.807) is 29.8 Å². The van der Waals surface area contributed by atoms with Crippen molar-refractivity contribution in [3.05, 3.63) is 78.4 Å². The largest absolute Gasteiger partial charge is 0.497 e. The van der Waals surface area contributed by atoms with Crippen molar-refractivity contribution in [1.82, 2.24) is 0 Å². The fourth-order valence-electron chi connectivity index (χ4n) is 2.83. The molecule has 0 amide bonds. The molecule has 0 saturated heterocycles. The molecule has 0 spiro atoms. The van der Waals surface area contributed by atoms with Gasteiger partial charge in [0.2, 0.25) is 0 Å². The van der Waals surface area contributed by atoms with Crippen LogP contribution >= 0.6 is 22.7 Å². The van der Waals surface area contributed by atoms with Crippen LogP contribution in [0.5, 0.6) is 5.75 Å². The van der Waals surface area contributed by atoms with Crippen LogP contribution in [-0.2, 0) is 6.18 Å². The second kappa shape index (κ2) is 7.45. The van der Waals surface area contributed by atoms with E-state index in [1.807, 2.05) is 36.4 Å². The summed E-state index contributed by atoms with van der Waals surface area (Å²) in [5.74, 6) is 0.819. The van der Waals surface area contributed by atoms with E-state index in [2.05, 4.69) is 12.1 Å². The van der Waals surface area contributed by atoms with Gasteiger partial charge in [-0.05, 0) is 71.8 Å². The number of hydrogen-bond acceptors (Lipinski definition) is 3. The Labute approximate surface area is 168 Å². The molecule has 2 aromatic heterocycles. The van der Waals surface area contributed by atoms with Crippen LogP contribution in [0, 0.1) is 0 Å². The summed E-state index contributed by atoms with van der Waals surface area (Å²) in [6.45, 7) is 0. The topological polar surface area (TPSA) is 9.23 Å². The zero-order valence-electron chi connectivity index (χ0n) is 14.8. The molecule has 0 N–H and O–H groups in total. The lowest BCUT2D eigenvalue weighted by Crippen LogP contribution is -2.03. The molecule has 0 radical (unpaired) electrons. The van der Waals surface area contributed by atoms with Crippen LogP contribution in [-0.4, -0.2) is 7.11 Å². The van der Waals surface area contributed by atoms with Crippen molar-refractivity contribution in [2.24, 2.45) is 0 Å². The predicted molar refractivity (Wildman–Crippen MR) is 110 cm³/mol. The normalized spacial score (nSPS) is 11.6. The number of hydrogen-bond donors (Lipinski definition) is 0. The summed E-state index contributed by atoms with van der Waals surface area (Å²) < 4.78 is 43.4. The summed E-state index contributed by atoms with van der Waals surface area (Å²) in [5.41, 5.74) is 1.28. The maximum absolute atomic E-state index is 12.7. The number of rotatable bonds is 4. The standard InChI is InChI=1S/C22H15F3OS2/c1-26-17-8-4-15(5-9-17)19-11-13-21(28-19)20-12-10-18(27-20)14-2-6-16(7-3-14)22(23,24)25/h2-13H,1H3. The van der Waals surface area contributed by atoms with Gasteiger partial charge in [0.1, 0.15) is 5.75 Å². The van der Waals surface area contributed by atoms with E-state index < -0.39 is 11.7 Å². The Morgan fingerprint density at radius 2 is 1.04 bits per heavy atom. The highest BCUT2D eigenvalue weighted by molar-refractivity contribution is 7.25. The highest BCUT2D eigenvalue weighted by atomic mass is 32.1. The molecule has 0 fully saturated rings. The van der Waals surface area contributed by atoms with Gasteiger partial charge in [-0.25, -0.2) is 0 Å². The van der Waals surface area contributed by atoms with Crippen LogP contribution in [0.3, 0.4) is 0 Å².